The van der Waals surface area contributed by atoms with Gasteiger partial charge in [-0.15, -0.1) is 0 Å². The van der Waals surface area contributed by atoms with Crippen LogP contribution >= 0.6 is 0 Å². The highest BCUT2D eigenvalue weighted by Crippen LogP contribution is 2.24. The van der Waals surface area contributed by atoms with E-state index < -0.39 is 53.3 Å². The minimum absolute atomic E-state index is 0.00227. The molecule has 1 saturated heterocycles. The van der Waals surface area contributed by atoms with Gasteiger partial charge in [0.15, 0.2) is 0 Å². The van der Waals surface area contributed by atoms with Gasteiger partial charge < -0.3 is 30.1 Å². The van der Waals surface area contributed by atoms with Gasteiger partial charge in [-0.3, -0.25) is 9.59 Å². The van der Waals surface area contributed by atoms with E-state index in [0.29, 0.717) is 29.9 Å². The fourth-order valence-electron chi connectivity index (χ4n) is 5.59. The predicted molar refractivity (Wildman–Crippen MR) is 171 cm³/mol. The molecule has 4 N–H and O–H groups in total. The number of aryl methyl sites for hydroxylation is 3. The van der Waals surface area contributed by atoms with E-state index in [-0.39, 0.29) is 30.0 Å². The first-order valence-corrected chi connectivity index (χ1v) is 16.5. The third kappa shape index (κ3) is 9.61. The van der Waals surface area contributed by atoms with Crippen LogP contribution < -0.4 is 15.4 Å². The molecule has 248 valence electrons. The summed E-state index contributed by atoms with van der Waals surface area (Å²) in [6.07, 6.45) is 9.76. The summed E-state index contributed by atoms with van der Waals surface area (Å²) in [5, 5.41) is 15.3. The maximum atomic E-state index is 13.1. The predicted octanol–water partition coefficient (Wildman–Crippen LogP) is 2.70. The fourth-order valence-corrected chi connectivity index (χ4v) is 7.24. The minimum atomic E-state index is -4.19. The summed E-state index contributed by atoms with van der Waals surface area (Å²) < 4.78 is 39.8. The van der Waals surface area contributed by atoms with Crippen molar-refractivity contribution in [2.45, 2.75) is 56.7 Å². The smallest absolute Gasteiger partial charge is 0.410 e. The molecule has 0 bridgehead atoms. The minimum Gasteiger partial charge on any atom is -0.480 e. The average molecular weight is 656 g/mol. The lowest BCUT2D eigenvalue weighted by Gasteiger charge is -2.25. The van der Waals surface area contributed by atoms with Gasteiger partial charge in [0.1, 0.15) is 18.5 Å². The number of ether oxygens (including phenoxy) is 2. The number of carboxylic acid groups (broad SMARTS) is 1. The highest BCUT2D eigenvalue weighted by molar-refractivity contribution is 7.89. The van der Waals surface area contributed by atoms with Crippen molar-refractivity contribution < 1.29 is 37.4 Å². The van der Waals surface area contributed by atoms with Crippen LogP contribution in [-0.4, -0.2) is 92.4 Å². The number of aliphatic carboxylic acids is 1. The summed E-state index contributed by atoms with van der Waals surface area (Å²) in [5.41, 5.74) is 1.85. The normalized spacial score (nSPS) is 19.9. The molecular formula is C32H41N5O8S. The molecule has 14 heteroatoms. The fraction of sp³-hybridized carbons (Fsp3) is 0.438. The van der Waals surface area contributed by atoms with Crippen LogP contribution in [0.25, 0.3) is 0 Å². The Morgan fingerprint density at radius 2 is 1.89 bits per heavy atom. The van der Waals surface area contributed by atoms with Crippen molar-refractivity contribution >= 4 is 33.8 Å². The molecule has 1 unspecified atom stereocenters. The van der Waals surface area contributed by atoms with Crippen LogP contribution in [0, 0.1) is 26.7 Å². The zero-order valence-corrected chi connectivity index (χ0v) is 27.0. The zero-order valence-electron chi connectivity index (χ0n) is 26.1. The molecule has 1 aromatic heterocycles. The van der Waals surface area contributed by atoms with Crippen LogP contribution in [0.15, 0.2) is 65.7 Å². The summed E-state index contributed by atoms with van der Waals surface area (Å²) in [5.74, 6) is -1.33. The standard InChI is InChI=1S/C32H41N5O8S/c1-21-13-22(2)30(23(3)14-21)46(42,43)36-27(31(39)40)17-35-29(38)20-44-26-15-25(16-34-28-11-7-8-12-33-28)37(18-26)32(41)45-19-24-9-5-4-6-10-24/h4-9,11-14,24-27,36H,10,15-20H2,1-3H3,(H,33,34)(H,35,38)(H,39,40)/t24?,25-,26+,27-/m0/s1. The third-order valence-electron chi connectivity index (χ3n) is 7.71. The van der Waals surface area contributed by atoms with Crippen molar-refractivity contribution in [1.29, 1.82) is 0 Å². The number of likely N-dealkylation sites (tertiary alicyclic amines) is 1. The lowest BCUT2D eigenvalue weighted by Crippen LogP contribution is -2.49. The number of sulfonamides is 1. The number of hydrogen-bond donors (Lipinski definition) is 4. The van der Waals surface area contributed by atoms with Crippen molar-refractivity contribution in [1.82, 2.24) is 19.9 Å². The topological polar surface area (TPSA) is 176 Å². The highest BCUT2D eigenvalue weighted by Gasteiger charge is 2.37. The van der Waals surface area contributed by atoms with Crippen LogP contribution in [-0.2, 0) is 29.1 Å². The van der Waals surface area contributed by atoms with Crippen molar-refractivity contribution in [2.24, 2.45) is 5.92 Å². The van der Waals surface area contributed by atoms with Crippen LogP contribution in [0.3, 0.4) is 0 Å². The van der Waals surface area contributed by atoms with Gasteiger partial charge in [0.05, 0.1) is 30.2 Å². The second kappa shape index (κ2) is 15.8. The van der Waals surface area contributed by atoms with Crippen molar-refractivity contribution in [3.63, 3.8) is 0 Å². The van der Waals surface area contributed by atoms with Gasteiger partial charge >= 0.3 is 12.1 Å². The van der Waals surface area contributed by atoms with E-state index in [1.165, 1.54) is 0 Å². The summed E-state index contributed by atoms with van der Waals surface area (Å²) >= 11 is 0. The molecule has 4 atom stereocenters. The number of nitrogens with zero attached hydrogens (tertiary/aromatic N) is 2. The summed E-state index contributed by atoms with van der Waals surface area (Å²) in [6, 6.07) is 6.94. The summed E-state index contributed by atoms with van der Waals surface area (Å²) in [4.78, 5) is 43.5. The molecule has 1 aliphatic carbocycles. The Balaban J connectivity index is 1.31. The molecule has 4 rings (SSSR count). The number of anilines is 1. The molecule has 2 aromatic rings. The van der Waals surface area contributed by atoms with Gasteiger partial charge in [-0.1, -0.05) is 48.1 Å². The van der Waals surface area contributed by atoms with Crippen LogP contribution in [0.4, 0.5) is 10.6 Å². The lowest BCUT2D eigenvalue weighted by atomic mass is 10.0. The maximum Gasteiger partial charge on any atom is 0.410 e. The van der Waals surface area contributed by atoms with Gasteiger partial charge in [0, 0.05) is 25.2 Å². The van der Waals surface area contributed by atoms with E-state index in [1.807, 2.05) is 43.4 Å². The Kier molecular flexibility index (Phi) is 11.9. The molecule has 1 aromatic carbocycles. The van der Waals surface area contributed by atoms with E-state index >= 15 is 0 Å². The quantitative estimate of drug-likeness (QED) is 0.237. The molecule has 2 heterocycles. The molecule has 0 radical (unpaired) electrons. The SMILES string of the molecule is Cc1cc(C)c(S(=O)(=O)N[C@@H](CNC(=O)CO[C@@H]2C[C@@H](CNc3ccccn3)N(C(=O)OCC3C=CC=CC3)C2)C(=O)O)c(C)c1. The number of pyridine rings is 1. The number of allylic oxidation sites excluding steroid dienone is 3. The Morgan fingerprint density at radius 3 is 2.54 bits per heavy atom. The van der Waals surface area contributed by atoms with Gasteiger partial charge in [-0.25, -0.2) is 18.2 Å². The monoisotopic (exact) mass is 655 g/mol. The lowest BCUT2D eigenvalue weighted by molar-refractivity contribution is -0.139. The van der Waals surface area contributed by atoms with E-state index in [2.05, 4.69) is 20.3 Å². The third-order valence-corrected chi connectivity index (χ3v) is 9.48. The number of carbonyl (C=O) groups excluding carboxylic acids is 2. The van der Waals surface area contributed by atoms with E-state index in [9.17, 15) is 27.9 Å². The average Bonchev–Trinajstić information content (AvgIpc) is 3.43. The molecule has 2 aliphatic rings. The zero-order chi connectivity index (χ0) is 33.3. The number of benzene rings is 1. The molecular weight excluding hydrogens is 614 g/mol. The highest BCUT2D eigenvalue weighted by atomic mass is 32.2. The van der Waals surface area contributed by atoms with Gasteiger partial charge in [-0.2, -0.15) is 4.72 Å². The second-order valence-electron chi connectivity index (χ2n) is 11.5. The second-order valence-corrected chi connectivity index (χ2v) is 13.2. The van der Waals surface area contributed by atoms with Crippen LogP contribution in [0.5, 0.6) is 0 Å². The molecule has 1 fully saturated rings. The van der Waals surface area contributed by atoms with Crippen LogP contribution in [0.2, 0.25) is 0 Å². The number of nitrogens with one attached hydrogen (secondary N) is 3. The van der Waals surface area contributed by atoms with E-state index in [1.54, 1.807) is 43.1 Å². The first kappa shape index (κ1) is 34.6. The van der Waals surface area contributed by atoms with E-state index in [4.69, 9.17) is 9.47 Å². The number of aromatic nitrogens is 1. The van der Waals surface area contributed by atoms with Crippen LogP contribution in [0.1, 0.15) is 29.5 Å². The van der Waals surface area contributed by atoms with E-state index in [0.717, 1.165) is 12.0 Å². The number of carbonyl (C=O) groups is 3. The number of rotatable bonds is 14. The largest absolute Gasteiger partial charge is 0.480 e. The molecule has 46 heavy (non-hydrogen) atoms. The molecule has 2 amide bonds. The molecule has 0 saturated carbocycles. The maximum absolute atomic E-state index is 13.1. The first-order valence-electron chi connectivity index (χ1n) is 15.1. The molecule has 13 nitrogen and oxygen atoms in total. The Labute approximate surface area is 269 Å². The van der Waals surface area contributed by atoms with Crippen molar-refractivity contribution in [3.05, 3.63) is 77.5 Å². The summed E-state index contributed by atoms with van der Waals surface area (Å²) in [6.45, 7) is 5.01. The number of carboxylic acids is 1. The van der Waals surface area contributed by atoms with Gasteiger partial charge in [-0.05, 0) is 56.9 Å². The molecule has 0 spiro atoms. The van der Waals surface area contributed by atoms with Crippen molar-refractivity contribution in [2.75, 3.05) is 38.2 Å². The van der Waals surface area contributed by atoms with Gasteiger partial charge in [0.25, 0.3) is 0 Å². The molecule has 1 aliphatic heterocycles. The number of hydrogen-bond acceptors (Lipinski definition) is 9. The van der Waals surface area contributed by atoms with Gasteiger partial charge in [0.2, 0.25) is 15.9 Å². The first-order chi connectivity index (χ1) is 21.9. The Bertz CT molecular complexity index is 1540. The Morgan fingerprint density at radius 1 is 1.13 bits per heavy atom. The number of amides is 2. The Hall–Kier alpha value is -4.27. The summed E-state index contributed by atoms with van der Waals surface area (Å²) in [7, 11) is -4.19. The van der Waals surface area contributed by atoms with Crippen molar-refractivity contribution in [3.8, 4) is 0 Å².